The van der Waals surface area contributed by atoms with E-state index in [1.807, 2.05) is 24.3 Å². The first-order valence-electron chi connectivity index (χ1n) is 8.74. The van der Waals surface area contributed by atoms with Crippen molar-refractivity contribution in [2.45, 2.75) is 26.7 Å². The zero-order chi connectivity index (χ0) is 19.0. The standard InChI is InChI=1S/C20H25NO5.Au/c1-3-25-18(23)20(11-7-8-12-22,19(24)26-4-2)13-15-14-21-17-10-6-5-9-16(15)17;/h5-10,14,21-22H,3-4,11-13H2,1-2H3;/b8-7-;. The van der Waals surface area contributed by atoms with Gasteiger partial charge in [-0.15, -0.1) is 0 Å². The quantitative estimate of drug-likeness (QED) is 0.215. The number of esters is 2. The van der Waals surface area contributed by atoms with Gasteiger partial charge >= 0.3 is 11.9 Å². The summed E-state index contributed by atoms with van der Waals surface area (Å²) >= 11 is 0. The van der Waals surface area contributed by atoms with Gasteiger partial charge in [0.05, 0.1) is 19.8 Å². The minimum absolute atomic E-state index is 0. The second kappa shape index (κ2) is 11.1. The number of hydrogen-bond donors (Lipinski definition) is 2. The molecule has 6 nitrogen and oxygen atoms in total. The Morgan fingerprint density at radius 3 is 2.33 bits per heavy atom. The first-order valence-corrected chi connectivity index (χ1v) is 8.74. The van der Waals surface area contributed by atoms with Crippen molar-refractivity contribution in [3.63, 3.8) is 0 Å². The second-order valence-corrected chi connectivity index (χ2v) is 5.92. The van der Waals surface area contributed by atoms with Gasteiger partial charge in [-0.25, -0.2) is 0 Å². The summed E-state index contributed by atoms with van der Waals surface area (Å²) < 4.78 is 10.4. The fraction of sp³-hybridized carbons (Fsp3) is 0.400. The molecule has 0 fully saturated rings. The van der Waals surface area contributed by atoms with Gasteiger partial charge < -0.3 is 19.6 Å². The van der Waals surface area contributed by atoms with Crippen LogP contribution < -0.4 is 0 Å². The summed E-state index contributed by atoms with van der Waals surface area (Å²) in [7, 11) is 0. The second-order valence-electron chi connectivity index (χ2n) is 5.92. The number of allylic oxidation sites excluding steroid dienone is 1. The van der Waals surface area contributed by atoms with Crippen LogP contribution >= 0.6 is 0 Å². The topological polar surface area (TPSA) is 88.6 Å². The number of carbonyl (C=O) groups excluding carboxylic acids is 2. The number of rotatable bonds is 9. The number of carbonyl (C=O) groups is 2. The van der Waals surface area contributed by atoms with Gasteiger partial charge in [-0.3, -0.25) is 9.59 Å². The molecule has 0 aliphatic rings. The van der Waals surface area contributed by atoms with Gasteiger partial charge in [0.25, 0.3) is 0 Å². The van der Waals surface area contributed by atoms with Crippen LogP contribution in [0.1, 0.15) is 25.8 Å². The van der Waals surface area contributed by atoms with E-state index < -0.39 is 17.4 Å². The van der Waals surface area contributed by atoms with E-state index >= 15 is 0 Å². The number of ether oxygens (including phenoxy) is 2. The minimum Gasteiger partial charge on any atom is -0.465 e. The van der Waals surface area contributed by atoms with Crippen molar-refractivity contribution in [3.8, 4) is 0 Å². The predicted octanol–water partition coefficient (Wildman–Crippen LogP) is 2.76. The smallest absolute Gasteiger partial charge is 0.324 e. The third-order valence-electron chi connectivity index (χ3n) is 4.24. The van der Waals surface area contributed by atoms with Gasteiger partial charge in [0.15, 0.2) is 5.41 Å². The van der Waals surface area contributed by atoms with E-state index in [0.717, 1.165) is 16.5 Å². The first kappa shape index (κ1) is 23.2. The number of aromatic amines is 1. The Labute approximate surface area is 174 Å². The molecule has 0 bridgehead atoms. The summed E-state index contributed by atoms with van der Waals surface area (Å²) in [6.07, 6.45) is 5.15. The summed E-state index contributed by atoms with van der Waals surface area (Å²) in [6.45, 7) is 3.55. The Bertz CT molecular complexity index is 766. The van der Waals surface area contributed by atoms with Crippen LogP contribution in [0, 0.1) is 5.41 Å². The number of aliphatic hydroxyl groups is 1. The fourth-order valence-corrected chi connectivity index (χ4v) is 2.97. The molecule has 0 aliphatic carbocycles. The average molecular weight is 556 g/mol. The van der Waals surface area contributed by atoms with Crippen LogP contribution in [0.25, 0.3) is 10.9 Å². The largest absolute Gasteiger partial charge is 0.465 e. The number of hydrogen-bond acceptors (Lipinski definition) is 5. The summed E-state index contributed by atoms with van der Waals surface area (Å²) in [5.74, 6) is -1.24. The van der Waals surface area contributed by atoms with Crippen LogP contribution in [0.3, 0.4) is 0 Å². The number of H-pyrrole nitrogens is 1. The van der Waals surface area contributed by atoms with Crippen LogP contribution in [0.15, 0.2) is 42.6 Å². The van der Waals surface area contributed by atoms with Gasteiger partial charge in [-0.05, 0) is 31.9 Å². The van der Waals surface area contributed by atoms with E-state index in [1.165, 1.54) is 6.08 Å². The maximum atomic E-state index is 12.8. The van der Waals surface area contributed by atoms with Gasteiger partial charge in [0, 0.05) is 45.9 Å². The Morgan fingerprint density at radius 1 is 1.11 bits per heavy atom. The van der Waals surface area contributed by atoms with Crippen molar-refractivity contribution in [1.29, 1.82) is 0 Å². The van der Waals surface area contributed by atoms with E-state index in [2.05, 4.69) is 4.98 Å². The van der Waals surface area contributed by atoms with E-state index in [1.54, 1.807) is 26.1 Å². The predicted molar refractivity (Wildman–Crippen MR) is 98.5 cm³/mol. The number of benzene rings is 1. The molecule has 27 heavy (non-hydrogen) atoms. The fourth-order valence-electron chi connectivity index (χ4n) is 2.97. The summed E-state index contributed by atoms with van der Waals surface area (Å²) in [4.78, 5) is 28.8. The number of para-hydroxylation sites is 1. The molecule has 2 rings (SSSR count). The zero-order valence-corrected chi connectivity index (χ0v) is 17.6. The Morgan fingerprint density at radius 2 is 1.74 bits per heavy atom. The molecule has 0 amide bonds. The van der Waals surface area contributed by atoms with Gasteiger partial charge in [0.2, 0.25) is 0 Å². The molecular formula is C20H25AuNO5. The number of aromatic nitrogens is 1. The van der Waals surface area contributed by atoms with Crippen LogP contribution in [-0.4, -0.2) is 41.8 Å². The van der Waals surface area contributed by atoms with Crippen molar-refractivity contribution in [2.24, 2.45) is 5.41 Å². The van der Waals surface area contributed by atoms with Crippen LogP contribution in [0.5, 0.6) is 0 Å². The molecule has 1 heterocycles. The molecule has 2 N–H and O–H groups in total. The number of fused-ring (bicyclic) bond motifs is 1. The molecule has 1 radical (unpaired) electrons. The van der Waals surface area contributed by atoms with Crippen molar-refractivity contribution >= 4 is 22.8 Å². The van der Waals surface area contributed by atoms with Gasteiger partial charge in [0.1, 0.15) is 0 Å². The molecule has 2 aromatic rings. The summed E-state index contributed by atoms with van der Waals surface area (Å²) in [6, 6.07) is 7.69. The molecule has 151 valence electrons. The Hall–Kier alpha value is -1.86. The normalized spacial score (nSPS) is 11.4. The molecule has 0 aliphatic heterocycles. The first-order chi connectivity index (χ1) is 12.6. The molecule has 0 saturated heterocycles. The van der Waals surface area contributed by atoms with Crippen LogP contribution in [-0.2, 0) is 47.9 Å². The van der Waals surface area contributed by atoms with E-state index in [-0.39, 0.29) is 55.0 Å². The van der Waals surface area contributed by atoms with Crippen molar-refractivity contribution in [2.75, 3.05) is 19.8 Å². The van der Waals surface area contributed by atoms with E-state index in [4.69, 9.17) is 14.6 Å². The molecule has 7 heteroatoms. The minimum atomic E-state index is -1.50. The van der Waals surface area contributed by atoms with Crippen LogP contribution in [0.4, 0.5) is 0 Å². The molecule has 0 saturated carbocycles. The molecule has 1 aromatic carbocycles. The maximum absolute atomic E-state index is 12.8. The number of aliphatic hydroxyl groups excluding tert-OH is 1. The molecule has 1 aromatic heterocycles. The van der Waals surface area contributed by atoms with E-state index in [0.29, 0.717) is 0 Å². The maximum Gasteiger partial charge on any atom is 0.324 e. The van der Waals surface area contributed by atoms with Crippen molar-refractivity contribution < 1.29 is 46.5 Å². The summed E-state index contributed by atoms with van der Waals surface area (Å²) in [5.41, 5.74) is 0.261. The van der Waals surface area contributed by atoms with Crippen LogP contribution in [0.2, 0.25) is 0 Å². The third kappa shape index (κ3) is 5.33. The monoisotopic (exact) mass is 556 g/mol. The SMILES string of the molecule is CCOC(=O)C(C/C=C\CO)(Cc1c[nH]c2ccccc12)C(=O)OCC.[Au]. The molecule has 0 unspecified atom stereocenters. The molecule has 0 atom stereocenters. The van der Waals surface area contributed by atoms with Crippen molar-refractivity contribution in [1.82, 2.24) is 4.98 Å². The van der Waals surface area contributed by atoms with Crippen molar-refractivity contribution in [3.05, 3.63) is 48.2 Å². The van der Waals surface area contributed by atoms with Gasteiger partial charge in [-0.2, -0.15) is 0 Å². The zero-order valence-electron chi connectivity index (χ0n) is 15.5. The molecule has 0 spiro atoms. The van der Waals surface area contributed by atoms with Gasteiger partial charge in [-0.1, -0.05) is 30.4 Å². The third-order valence-corrected chi connectivity index (χ3v) is 4.24. The average Bonchev–Trinajstić information content (AvgIpc) is 3.04. The Balaban J connectivity index is 0.00000364. The van der Waals surface area contributed by atoms with E-state index in [9.17, 15) is 9.59 Å². The summed E-state index contributed by atoms with van der Waals surface area (Å²) in [5, 5.41) is 9.96. The Kier molecular flexibility index (Phi) is 9.52. The molecular weight excluding hydrogens is 531 g/mol. The number of nitrogens with one attached hydrogen (secondary N) is 1.